The molecule has 3 heteroatoms. The third-order valence-corrected chi connectivity index (χ3v) is 4.02. The van der Waals surface area contributed by atoms with Crippen LogP contribution in [-0.4, -0.2) is 22.0 Å². The van der Waals surface area contributed by atoms with Gasteiger partial charge in [0, 0.05) is 17.4 Å². The number of aliphatic hydroxyl groups is 1. The number of aliphatic hydroxyl groups excluding tert-OH is 1. The van der Waals surface area contributed by atoms with Crippen LogP contribution in [0.3, 0.4) is 0 Å². The summed E-state index contributed by atoms with van der Waals surface area (Å²) in [6.07, 6.45) is -0.783. The van der Waals surface area contributed by atoms with Crippen molar-refractivity contribution in [2.24, 2.45) is 0 Å². The van der Waals surface area contributed by atoms with Gasteiger partial charge in [-0.25, -0.2) is 0 Å². The van der Waals surface area contributed by atoms with Crippen molar-refractivity contribution in [1.29, 1.82) is 0 Å². The third kappa shape index (κ3) is 3.30. The van der Waals surface area contributed by atoms with E-state index < -0.39 is 6.10 Å². The first-order chi connectivity index (χ1) is 11.0. The molecule has 0 saturated carbocycles. The summed E-state index contributed by atoms with van der Waals surface area (Å²) in [6, 6.07) is 18.2. The van der Waals surface area contributed by atoms with Crippen LogP contribution in [0.25, 0.3) is 22.0 Å². The van der Waals surface area contributed by atoms with Crippen molar-refractivity contribution < 1.29 is 9.90 Å². The quantitative estimate of drug-likeness (QED) is 0.799. The van der Waals surface area contributed by atoms with Crippen molar-refractivity contribution in [3.8, 4) is 11.3 Å². The number of carbonyl (C=O) groups excluding carboxylic acids is 1. The molecule has 1 N–H and O–H groups in total. The Morgan fingerprint density at radius 2 is 1.83 bits per heavy atom. The summed E-state index contributed by atoms with van der Waals surface area (Å²) in [4.78, 5) is 16.1. The Kier molecular flexibility index (Phi) is 4.22. The number of nitrogens with zero attached hydrogens (tertiary/aromatic N) is 1. The molecule has 1 aromatic heterocycles. The number of benzene rings is 2. The number of pyridine rings is 1. The number of hydrogen-bond acceptors (Lipinski definition) is 3. The molecular weight excluding hydrogens is 286 g/mol. The summed E-state index contributed by atoms with van der Waals surface area (Å²) in [5, 5.41) is 12.0. The number of aromatic nitrogens is 1. The molecule has 23 heavy (non-hydrogen) atoms. The molecule has 0 spiro atoms. The molecule has 3 rings (SSSR count). The average molecular weight is 305 g/mol. The van der Waals surface area contributed by atoms with Gasteiger partial charge in [0.2, 0.25) is 0 Å². The summed E-state index contributed by atoms with van der Waals surface area (Å²) >= 11 is 0. The normalized spacial score (nSPS) is 12.3. The van der Waals surface area contributed by atoms with E-state index in [1.165, 1.54) is 12.5 Å². The zero-order chi connectivity index (χ0) is 16.4. The van der Waals surface area contributed by atoms with Gasteiger partial charge in [-0.1, -0.05) is 54.1 Å². The van der Waals surface area contributed by atoms with Crippen molar-refractivity contribution in [2.75, 3.05) is 0 Å². The second kappa shape index (κ2) is 6.31. The van der Waals surface area contributed by atoms with E-state index in [2.05, 4.69) is 12.1 Å². The molecule has 0 fully saturated rings. The Labute approximate surface area is 135 Å². The fourth-order valence-corrected chi connectivity index (χ4v) is 2.63. The Morgan fingerprint density at radius 1 is 1.13 bits per heavy atom. The van der Waals surface area contributed by atoms with E-state index in [1.54, 1.807) is 0 Å². The van der Waals surface area contributed by atoms with Gasteiger partial charge in [-0.05, 0) is 25.3 Å². The molecule has 3 aromatic rings. The number of aryl methyl sites for hydroxylation is 1. The second-order valence-electron chi connectivity index (χ2n) is 5.87. The van der Waals surface area contributed by atoms with Crippen LogP contribution in [0.15, 0.2) is 54.6 Å². The highest BCUT2D eigenvalue weighted by molar-refractivity contribution is 5.89. The number of fused-ring (bicyclic) bond motifs is 1. The first-order valence-corrected chi connectivity index (χ1v) is 7.69. The van der Waals surface area contributed by atoms with Gasteiger partial charge in [0.25, 0.3) is 0 Å². The van der Waals surface area contributed by atoms with Crippen molar-refractivity contribution in [3.05, 3.63) is 65.9 Å². The molecule has 1 heterocycles. The van der Waals surface area contributed by atoms with E-state index in [4.69, 9.17) is 4.98 Å². The number of hydrogen-bond donors (Lipinski definition) is 1. The topological polar surface area (TPSA) is 50.2 Å². The molecule has 0 amide bonds. The second-order valence-corrected chi connectivity index (χ2v) is 5.87. The van der Waals surface area contributed by atoms with Crippen molar-refractivity contribution in [1.82, 2.24) is 4.98 Å². The van der Waals surface area contributed by atoms with Crippen molar-refractivity contribution in [3.63, 3.8) is 0 Å². The predicted octanol–water partition coefficient (Wildman–Crippen LogP) is 3.70. The molecule has 1 unspecified atom stereocenters. The van der Waals surface area contributed by atoms with Crippen LogP contribution in [-0.2, 0) is 11.2 Å². The number of ketones is 1. The SMILES string of the molecule is CC(=O)C(O)Cc1nc(-c2ccc(C)cc2)cc2ccccc12. The summed E-state index contributed by atoms with van der Waals surface area (Å²) in [6.45, 7) is 3.45. The summed E-state index contributed by atoms with van der Waals surface area (Å²) in [7, 11) is 0. The molecule has 2 aromatic carbocycles. The fraction of sp³-hybridized carbons (Fsp3) is 0.200. The highest BCUT2D eigenvalue weighted by atomic mass is 16.3. The zero-order valence-electron chi connectivity index (χ0n) is 13.3. The Bertz CT molecular complexity index is 853. The molecular formula is C20H19NO2. The van der Waals surface area contributed by atoms with E-state index in [-0.39, 0.29) is 12.2 Å². The maximum absolute atomic E-state index is 11.4. The molecule has 116 valence electrons. The summed E-state index contributed by atoms with van der Waals surface area (Å²) in [5.41, 5.74) is 3.83. The number of rotatable bonds is 4. The van der Waals surface area contributed by atoms with Gasteiger partial charge in [0.1, 0.15) is 6.10 Å². The van der Waals surface area contributed by atoms with Crippen LogP contribution in [0.1, 0.15) is 18.2 Å². The van der Waals surface area contributed by atoms with Gasteiger partial charge in [-0.15, -0.1) is 0 Å². The largest absolute Gasteiger partial charge is 0.385 e. The van der Waals surface area contributed by atoms with Crippen molar-refractivity contribution in [2.45, 2.75) is 26.4 Å². The molecule has 0 aliphatic heterocycles. The maximum atomic E-state index is 11.4. The predicted molar refractivity (Wildman–Crippen MR) is 92.3 cm³/mol. The van der Waals surface area contributed by atoms with Crippen LogP contribution in [0.4, 0.5) is 0 Å². The maximum Gasteiger partial charge on any atom is 0.158 e. The first-order valence-electron chi connectivity index (χ1n) is 7.69. The highest BCUT2D eigenvalue weighted by Gasteiger charge is 2.15. The van der Waals surface area contributed by atoms with Gasteiger partial charge in [0.05, 0.1) is 11.4 Å². The Hall–Kier alpha value is -2.52. The fourth-order valence-electron chi connectivity index (χ4n) is 2.63. The van der Waals surface area contributed by atoms with E-state index in [0.717, 1.165) is 27.7 Å². The zero-order valence-corrected chi connectivity index (χ0v) is 13.3. The minimum absolute atomic E-state index is 0.232. The average Bonchev–Trinajstić information content (AvgIpc) is 2.55. The van der Waals surface area contributed by atoms with Crippen LogP contribution >= 0.6 is 0 Å². The lowest BCUT2D eigenvalue weighted by molar-refractivity contribution is -0.124. The van der Waals surface area contributed by atoms with Gasteiger partial charge >= 0.3 is 0 Å². The van der Waals surface area contributed by atoms with E-state index in [0.29, 0.717) is 0 Å². The van der Waals surface area contributed by atoms with Gasteiger partial charge in [-0.2, -0.15) is 0 Å². The standard InChI is InChI=1S/C20H19NO2/c1-13-7-9-15(10-8-13)18-11-16-5-3-4-6-17(16)19(21-18)12-20(23)14(2)22/h3-11,20,23H,12H2,1-2H3. The molecule has 1 atom stereocenters. The Morgan fingerprint density at radius 3 is 2.52 bits per heavy atom. The molecule has 0 aliphatic carbocycles. The number of Topliss-reactive ketones (excluding diaryl/α,β-unsaturated/α-hetero) is 1. The molecule has 0 aliphatic rings. The monoisotopic (exact) mass is 305 g/mol. The first kappa shape index (κ1) is 15.4. The van der Waals surface area contributed by atoms with Gasteiger partial charge in [-0.3, -0.25) is 9.78 Å². The molecule has 3 nitrogen and oxygen atoms in total. The lowest BCUT2D eigenvalue weighted by Crippen LogP contribution is -2.20. The summed E-state index contributed by atoms with van der Waals surface area (Å²) in [5.74, 6) is -0.239. The third-order valence-electron chi connectivity index (χ3n) is 4.02. The van der Waals surface area contributed by atoms with E-state index >= 15 is 0 Å². The highest BCUT2D eigenvalue weighted by Crippen LogP contribution is 2.26. The van der Waals surface area contributed by atoms with Crippen LogP contribution < -0.4 is 0 Å². The summed E-state index contributed by atoms with van der Waals surface area (Å²) < 4.78 is 0. The molecule has 0 radical (unpaired) electrons. The van der Waals surface area contributed by atoms with Crippen LogP contribution in [0.2, 0.25) is 0 Å². The van der Waals surface area contributed by atoms with Crippen LogP contribution in [0.5, 0.6) is 0 Å². The van der Waals surface area contributed by atoms with E-state index in [1.807, 2.05) is 49.4 Å². The number of carbonyl (C=O) groups is 1. The van der Waals surface area contributed by atoms with Crippen molar-refractivity contribution >= 4 is 16.6 Å². The molecule has 0 saturated heterocycles. The molecule has 0 bridgehead atoms. The lowest BCUT2D eigenvalue weighted by Gasteiger charge is -2.12. The Balaban J connectivity index is 2.13. The minimum atomic E-state index is -1.01. The smallest absolute Gasteiger partial charge is 0.158 e. The van der Waals surface area contributed by atoms with Gasteiger partial charge in [0.15, 0.2) is 5.78 Å². The van der Waals surface area contributed by atoms with Crippen LogP contribution in [0, 0.1) is 6.92 Å². The van der Waals surface area contributed by atoms with E-state index in [9.17, 15) is 9.90 Å². The van der Waals surface area contributed by atoms with Gasteiger partial charge < -0.3 is 5.11 Å². The minimum Gasteiger partial charge on any atom is -0.385 e. The lowest BCUT2D eigenvalue weighted by atomic mass is 10.0.